The summed E-state index contributed by atoms with van der Waals surface area (Å²) >= 11 is 0. The molecule has 1 amide bonds. The topological polar surface area (TPSA) is 150 Å². The van der Waals surface area contributed by atoms with Gasteiger partial charge in [-0.2, -0.15) is 4.68 Å². The first kappa shape index (κ1) is 12.7. The van der Waals surface area contributed by atoms with E-state index in [0.717, 1.165) is 4.68 Å². The number of nitrogens with zero attached hydrogens (tertiary/aromatic N) is 3. The van der Waals surface area contributed by atoms with Crippen LogP contribution in [0.4, 0.5) is 10.2 Å². The number of carbonyl (C=O) groups excluding carboxylic acids is 1. The Balaban J connectivity index is 2.30. The van der Waals surface area contributed by atoms with Crippen LogP contribution in [0.15, 0.2) is 0 Å². The van der Waals surface area contributed by atoms with Crippen LogP contribution >= 0.6 is 0 Å². The first-order chi connectivity index (χ1) is 8.47. The summed E-state index contributed by atoms with van der Waals surface area (Å²) < 4.78 is 19.6. The molecule has 4 unspecified atom stereocenters. The van der Waals surface area contributed by atoms with Crippen LogP contribution in [0.1, 0.15) is 16.7 Å². The zero-order chi connectivity index (χ0) is 13.4. The summed E-state index contributed by atoms with van der Waals surface area (Å²) in [5, 5.41) is 25.2. The van der Waals surface area contributed by atoms with E-state index in [9.17, 15) is 14.3 Å². The third-order valence-corrected chi connectivity index (χ3v) is 2.68. The van der Waals surface area contributed by atoms with Gasteiger partial charge in [-0.25, -0.2) is 4.39 Å². The van der Waals surface area contributed by atoms with Crippen LogP contribution in [0, 0.1) is 0 Å². The number of hydrogen-bond acceptors (Lipinski definition) is 7. The highest BCUT2D eigenvalue weighted by atomic mass is 19.1. The van der Waals surface area contributed by atoms with E-state index in [-0.39, 0.29) is 11.5 Å². The third-order valence-electron chi connectivity index (χ3n) is 2.68. The summed E-state index contributed by atoms with van der Waals surface area (Å²) in [5.41, 5.74) is 10.2. The zero-order valence-corrected chi connectivity index (χ0v) is 9.10. The fraction of sp³-hybridized carbons (Fsp3) is 0.625. The number of nitrogen functional groups attached to an aromatic ring is 1. The van der Waals surface area contributed by atoms with E-state index in [1.54, 1.807) is 0 Å². The Hall–Kier alpha value is -1.78. The number of carbonyl (C=O) groups is 1. The Bertz CT molecular complexity index is 466. The van der Waals surface area contributed by atoms with Crippen molar-refractivity contribution in [3.63, 3.8) is 0 Å². The Kier molecular flexibility index (Phi) is 3.15. The zero-order valence-electron chi connectivity index (χ0n) is 9.10. The van der Waals surface area contributed by atoms with E-state index in [4.69, 9.17) is 21.3 Å². The highest BCUT2D eigenvalue weighted by molar-refractivity contribution is 5.94. The molecule has 6 N–H and O–H groups in total. The minimum atomic E-state index is -1.85. The summed E-state index contributed by atoms with van der Waals surface area (Å²) in [6.45, 7) is -0.560. The standard InChI is InChI=1S/C8H12FN5O4/c9-3-5(16)2(1-15)18-8(3)14-6(10)4(7(11)17)12-13-14/h2-3,5,8,15-16H,1,10H2,(H2,11,17). The Morgan fingerprint density at radius 2 is 2.28 bits per heavy atom. The maximum Gasteiger partial charge on any atom is 0.273 e. The van der Waals surface area contributed by atoms with Crippen LogP contribution in [0.2, 0.25) is 0 Å². The average Bonchev–Trinajstić information content (AvgIpc) is 2.82. The molecule has 10 heteroatoms. The summed E-state index contributed by atoms with van der Waals surface area (Å²) in [7, 11) is 0. The van der Waals surface area contributed by atoms with Gasteiger partial charge in [-0.05, 0) is 0 Å². The first-order valence-corrected chi connectivity index (χ1v) is 5.06. The van der Waals surface area contributed by atoms with Crippen molar-refractivity contribution in [1.82, 2.24) is 15.0 Å². The normalized spacial score (nSPS) is 31.7. The highest BCUT2D eigenvalue weighted by Gasteiger charge is 2.46. The molecule has 4 atom stereocenters. The number of nitrogens with two attached hydrogens (primary N) is 2. The van der Waals surface area contributed by atoms with Gasteiger partial charge in [-0.3, -0.25) is 4.79 Å². The summed E-state index contributed by atoms with van der Waals surface area (Å²) in [6, 6.07) is 0. The van der Waals surface area contributed by atoms with Crippen LogP contribution in [0.3, 0.4) is 0 Å². The molecule has 0 radical (unpaired) electrons. The molecule has 0 aliphatic carbocycles. The molecule has 1 aromatic rings. The molecule has 1 fully saturated rings. The fourth-order valence-corrected chi connectivity index (χ4v) is 1.72. The molecule has 0 aromatic carbocycles. The van der Waals surface area contributed by atoms with Crippen molar-refractivity contribution < 1.29 is 24.1 Å². The number of alkyl halides is 1. The van der Waals surface area contributed by atoms with Gasteiger partial charge in [0.05, 0.1) is 6.61 Å². The molecule has 0 saturated carbocycles. The summed E-state index contributed by atoms with van der Waals surface area (Å²) in [4.78, 5) is 10.9. The Morgan fingerprint density at radius 3 is 2.72 bits per heavy atom. The van der Waals surface area contributed by atoms with Crippen LogP contribution in [0.25, 0.3) is 0 Å². The number of ether oxygens (including phenoxy) is 1. The number of anilines is 1. The number of primary amides is 1. The second kappa shape index (κ2) is 4.48. The van der Waals surface area contributed by atoms with Crippen LogP contribution in [-0.4, -0.2) is 56.1 Å². The lowest BCUT2D eigenvalue weighted by Crippen LogP contribution is -2.30. The first-order valence-electron chi connectivity index (χ1n) is 5.06. The van der Waals surface area contributed by atoms with Gasteiger partial charge < -0.3 is 26.4 Å². The van der Waals surface area contributed by atoms with Gasteiger partial charge >= 0.3 is 0 Å². The molecule has 1 aliphatic rings. The number of hydrogen-bond donors (Lipinski definition) is 4. The molecule has 0 bridgehead atoms. The van der Waals surface area contributed by atoms with Gasteiger partial charge in [0.15, 0.2) is 23.9 Å². The van der Waals surface area contributed by atoms with Crippen molar-refractivity contribution in [3.8, 4) is 0 Å². The molecule has 0 spiro atoms. The molecular weight excluding hydrogens is 249 g/mol. The van der Waals surface area contributed by atoms with E-state index in [1.807, 2.05) is 0 Å². The quantitative estimate of drug-likeness (QED) is 0.471. The monoisotopic (exact) mass is 261 g/mol. The number of aliphatic hydroxyl groups excluding tert-OH is 2. The third kappa shape index (κ3) is 1.79. The molecule has 2 heterocycles. The Labute approximate surface area is 100 Å². The molecule has 9 nitrogen and oxygen atoms in total. The predicted molar refractivity (Wildman–Crippen MR) is 54.9 cm³/mol. The van der Waals surface area contributed by atoms with Crippen LogP contribution < -0.4 is 11.5 Å². The van der Waals surface area contributed by atoms with E-state index in [1.165, 1.54) is 0 Å². The molecule has 1 saturated heterocycles. The maximum atomic E-state index is 13.7. The van der Waals surface area contributed by atoms with E-state index < -0.39 is 37.1 Å². The fourth-order valence-electron chi connectivity index (χ4n) is 1.72. The molecule has 1 aromatic heterocycles. The number of aromatic nitrogens is 3. The van der Waals surface area contributed by atoms with Gasteiger partial charge in [0, 0.05) is 0 Å². The van der Waals surface area contributed by atoms with Crippen molar-refractivity contribution in [2.75, 3.05) is 12.3 Å². The molecule has 18 heavy (non-hydrogen) atoms. The average molecular weight is 261 g/mol. The maximum absolute atomic E-state index is 13.7. The lowest BCUT2D eigenvalue weighted by Gasteiger charge is -2.13. The highest BCUT2D eigenvalue weighted by Crippen LogP contribution is 2.32. The number of rotatable bonds is 3. The number of aliphatic hydroxyl groups is 2. The lowest BCUT2D eigenvalue weighted by atomic mass is 10.1. The Morgan fingerprint density at radius 1 is 1.61 bits per heavy atom. The van der Waals surface area contributed by atoms with Crippen LogP contribution in [-0.2, 0) is 4.74 Å². The van der Waals surface area contributed by atoms with Crippen molar-refractivity contribution in [3.05, 3.63) is 5.69 Å². The SMILES string of the molecule is NC(=O)c1nnn(C2OC(CO)C(O)C2F)c1N. The van der Waals surface area contributed by atoms with Gasteiger partial charge in [0.25, 0.3) is 5.91 Å². The van der Waals surface area contributed by atoms with Gasteiger partial charge in [-0.1, -0.05) is 5.21 Å². The number of halogens is 1. The second-order valence-corrected chi connectivity index (χ2v) is 3.81. The lowest BCUT2D eigenvalue weighted by molar-refractivity contribution is -0.0518. The summed E-state index contributed by atoms with van der Waals surface area (Å²) in [5.74, 6) is -1.17. The summed E-state index contributed by atoms with van der Waals surface area (Å²) in [6.07, 6.45) is -5.82. The number of amides is 1. The smallest absolute Gasteiger partial charge is 0.273 e. The van der Waals surface area contributed by atoms with E-state index >= 15 is 0 Å². The predicted octanol–water partition coefficient (Wildman–Crippen LogP) is -2.45. The molecule has 1 aliphatic heterocycles. The minimum Gasteiger partial charge on any atom is -0.394 e. The van der Waals surface area contributed by atoms with Gasteiger partial charge in [-0.15, -0.1) is 5.10 Å². The molecule has 100 valence electrons. The van der Waals surface area contributed by atoms with Crippen LogP contribution in [0.5, 0.6) is 0 Å². The molecule has 2 rings (SSSR count). The van der Waals surface area contributed by atoms with E-state index in [0.29, 0.717) is 0 Å². The molecular formula is C8H12FN5O4. The van der Waals surface area contributed by atoms with Crippen molar-refractivity contribution in [1.29, 1.82) is 0 Å². The van der Waals surface area contributed by atoms with E-state index in [2.05, 4.69) is 10.3 Å². The van der Waals surface area contributed by atoms with Crippen molar-refractivity contribution in [2.24, 2.45) is 5.73 Å². The van der Waals surface area contributed by atoms with Gasteiger partial charge in [0.2, 0.25) is 0 Å². The van der Waals surface area contributed by atoms with Gasteiger partial charge in [0.1, 0.15) is 12.2 Å². The second-order valence-electron chi connectivity index (χ2n) is 3.81. The van der Waals surface area contributed by atoms with Crippen molar-refractivity contribution in [2.45, 2.75) is 24.6 Å². The minimum absolute atomic E-state index is 0.263. The largest absolute Gasteiger partial charge is 0.394 e. The van der Waals surface area contributed by atoms with Crippen molar-refractivity contribution >= 4 is 11.7 Å².